The second-order valence-electron chi connectivity index (χ2n) is 2.78. The maximum absolute atomic E-state index is 9.39. The standard InChI is InChI=1S/C9H11BO.Y/c1-6-3-8(5-10)4-7(2)9(6)11;/h3-4,11H,5H2,1-2H3;. The van der Waals surface area contributed by atoms with Gasteiger partial charge in [0.2, 0.25) is 0 Å². The first-order valence-electron chi connectivity index (χ1n) is 3.64. The monoisotopic (exact) mass is 235 g/mol. The first kappa shape index (κ1) is 12.2. The van der Waals surface area contributed by atoms with E-state index in [2.05, 4.69) is 0 Å². The Morgan fingerprint density at radius 3 is 2.00 bits per heavy atom. The number of hydrogen-bond acceptors (Lipinski definition) is 1. The van der Waals surface area contributed by atoms with Gasteiger partial charge in [-0.15, -0.1) is 0 Å². The summed E-state index contributed by atoms with van der Waals surface area (Å²) in [6.07, 6.45) is 0.530. The minimum atomic E-state index is 0. The van der Waals surface area contributed by atoms with Crippen molar-refractivity contribution in [2.24, 2.45) is 0 Å². The van der Waals surface area contributed by atoms with E-state index in [1.807, 2.05) is 26.0 Å². The predicted octanol–water partition coefficient (Wildman–Crippen LogP) is 1.68. The third-order valence-electron chi connectivity index (χ3n) is 1.79. The van der Waals surface area contributed by atoms with Gasteiger partial charge in [0, 0.05) is 32.7 Å². The maximum atomic E-state index is 9.39. The maximum Gasteiger partial charge on any atom is 0.121 e. The Kier molecular flexibility index (Phi) is 5.11. The van der Waals surface area contributed by atoms with Crippen molar-refractivity contribution in [3.05, 3.63) is 28.8 Å². The van der Waals surface area contributed by atoms with Gasteiger partial charge in [0.15, 0.2) is 0 Å². The van der Waals surface area contributed by atoms with Gasteiger partial charge in [-0.3, -0.25) is 0 Å². The minimum Gasteiger partial charge on any atom is -0.507 e. The molecule has 59 valence electrons. The first-order valence-corrected chi connectivity index (χ1v) is 3.64. The zero-order valence-corrected chi connectivity index (χ0v) is 10.3. The number of aromatic hydroxyl groups is 1. The van der Waals surface area contributed by atoms with Crippen molar-refractivity contribution in [1.82, 2.24) is 0 Å². The molecule has 0 fully saturated rings. The summed E-state index contributed by atoms with van der Waals surface area (Å²) in [6, 6.07) is 3.81. The van der Waals surface area contributed by atoms with Crippen molar-refractivity contribution in [2.45, 2.75) is 20.2 Å². The molecule has 1 aromatic carbocycles. The summed E-state index contributed by atoms with van der Waals surface area (Å²) in [4.78, 5) is 0. The first-order chi connectivity index (χ1) is 5.15. The van der Waals surface area contributed by atoms with E-state index >= 15 is 0 Å². The number of phenols is 1. The molecule has 0 heterocycles. The molecule has 1 N–H and O–H groups in total. The number of aryl methyl sites for hydroxylation is 2. The summed E-state index contributed by atoms with van der Waals surface area (Å²) in [5.74, 6) is 0.377. The van der Waals surface area contributed by atoms with Crippen LogP contribution in [0, 0.1) is 13.8 Å². The van der Waals surface area contributed by atoms with Crippen molar-refractivity contribution in [1.29, 1.82) is 0 Å². The van der Waals surface area contributed by atoms with E-state index in [-0.39, 0.29) is 32.7 Å². The van der Waals surface area contributed by atoms with Crippen LogP contribution in [0.2, 0.25) is 0 Å². The van der Waals surface area contributed by atoms with Crippen LogP contribution in [0.3, 0.4) is 0 Å². The molecule has 12 heavy (non-hydrogen) atoms. The molecule has 0 bridgehead atoms. The number of hydrogen-bond donors (Lipinski definition) is 1. The van der Waals surface area contributed by atoms with Gasteiger partial charge in [0.05, 0.1) is 7.85 Å². The van der Waals surface area contributed by atoms with Gasteiger partial charge in [-0.1, -0.05) is 24.0 Å². The van der Waals surface area contributed by atoms with Crippen LogP contribution in [-0.2, 0) is 39.0 Å². The van der Waals surface area contributed by atoms with Crippen LogP contribution in [0.4, 0.5) is 0 Å². The minimum absolute atomic E-state index is 0. The van der Waals surface area contributed by atoms with Gasteiger partial charge in [0.25, 0.3) is 0 Å². The van der Waals surface area contributed by atoms with Gasteiger partial charge in [-0.25, -0.2) is 0 Å². The van der Waals surface area contributed by atoms with Crippen LogP contribution in [0.5, 0.6) is 5.75 Å². The van der Waals surface area contributed by atoms with Gasteiger partial charge >= 0.3 is 0 Å². The Morgan fingerprint density at radius 2 is 1.67 bits per heavy atom. The Labute approximate surface area is 99.9 Å². The smallest absolute Gasteiger partial charge is 0.121 e. The number of phenolic OH excluding ortho intramolecular Hbond substituents is 1. The van der Waals surface area contributed by atoms with E-state index < -0.39 is 0 Å². The van der Waals surface area contributed by atoms with Crippen molar-refractivity contribution in [2.75, 3.05) is 0 Å². The van der Waals surface area contributed by atoms with Crippen LogP contribution in [0.25, 0.3) is 0 Å². The molecule has 3 heteroatoms. The summed E-state index contributed by atoms with van der Waals surface area (Å²) in [6.45, 7) is 3.75. The van der Waals surface area contributed by atoms with Gasteiger partial charge in [-0.2, -0.15) is 0 Å². The molecule has 0 amide bonds. The van der Waals surface area contributed by atoms with Crippen molar-refractivity contribution < 1.29 is 37.8 Å². The summed E-state index contributed by atoms with van der Waals surface area (Å²) in [5, 5.41) is 9.39. The molecule has 0 atom stereocenters. The molecule has 0 saturated carbocycles. The molecular weight excluding hydrogens is 224 g/mol. The molecule has 0 aliphatic rings. The van der Waals surface area contributed by atoms with E-state index in [9.17, 15) is 5.11 Å². The molecule has 0 spiro atoms. The van der Waals surface area contributed by atoms with Crippen LogP contribution >= 0.6 is 0 Å². The second-order valence-corrected chi connectivity index (χ2v) is 2.78. The molecular formula is C9H11BOY. The molecule has 0 aliphatic carbocycles. The zero-order chi connectivity index (χ0) is 8.43. The average Bonchev–Trinajstić information content (AvgIpc) is 1.99. The van der Waals surface area contributed by atoms with Crippen LogP contribution in [0.15, 0.2) is 12.1 Å². The van der Waals surface area contributed by atoms with Gasteiger partial charge < -0.3 is 5.11 Å². The van der Waals surface area contributed by atoms with E-state index in [0.29, 0.717) is 12.1 Å². The topological polar surface area (TPSA) is 20.2 Å². The number of rotatable bonds is 1. The molecule has 0 unspecified atom stereocenters. The molecule has 3 radical (unpaired) electrons. The third-order valence-corrected chi connectivity index (χ3v) is 1.79. The van der Waals surface area contributed by atoms with E-state index in [0.717, 1.165) is 16.7 Å². The quantitative estimate of drug-likeness (QED) is 0.734. The Balaban J connectivity index is 0.00000121. The SMILES string of the molecule is [B]Cc1cc(C)c(O)c(C)c1.[Y]. The van der Waals surface area contributed by atoms with E-state index in [1.165, 1.54) is 0 Å². The van der Waals surface area contributed by atoms with Crippen molar-refractivity contribution in [3.63, 3.8) is 0 Å². The van der Waals surface area contributed by atoms with Crippen LogP contribution in [-0.4, -0.2) is 13.0 Å². The Bertz CT molecular complexity index is 250. The van der Waals surface area contributed by atoms with E-state index in [1.54, 1.807) is 0 Å². The predicted molar refractivity (Wildman–Crippen MR) is 47.0 cm³/mol. The van der Waals surface area contributed by atoms with Crippen molar-refractivity contribution >= 4 is 7.85 Å². The second kappa shape index (κ2) is 5.03. The summed E-state index contributed by atoms with van der Waals surface area (Å²) in [7, 11) is 5.46. The largest absolute Gasteiger partial charge is 0.507 e. The van der Waals surface area contributed by atoms with Crippen LogP contribution < -0.4 is 0 Å². The summed E-state index contributed by atoms with van der Waals surface area (Å²) >= 11 is 0. The van der Waals surface area contributed by atoms with E-state index in [4.69, 9.17) is 7.85 Å². The van der Waals surface area contributed by atoms with Gasteiger partial charge in [-0.05, 0) is 25.0 Å². The fourth-order valence-corrected chi connectivity index (χ4v) is 1.16. The molecule has 0 saturated heterocycles. The Morgan fingerprint density at radius 1 is 1.25 bits per heavy atom. The summed E-state index contributed by atoms with van der Waals surface area (Å²) in [5.41, 5.74) is 2.86. The molecule has 1 aromatic rings. The fourth-order valence-electron chi connectivity index (χ4n) is 1.16. The Hall–Kier alpha value is 0.189. The zero-order valence-electron chi connectivity index (χ0n) is 7.46. The van der Waals surface area contributed by atoms with Crippen LogP contribution in [0.1, 0.15) is 16.7 Å². The molecule has 1 rings (SSSR count). The third kappa shape index (κ3) is 2.60. The number of benzene rings is 1. The average molecular weight is 235 g/mol. The molecule has 0 aliphatic heterocycles. The molecule has 0 aromatic heterocycles. The fraction of sp³-hybridized carbons (Fsp3) is 0.333. The van der Waals surface area contributed by atoms with Gasteiger partial charge in [0.1, 0.15) is 5.75 Å². The normalized spacial score (nSPS) is 9.17. The summed E-state index contributed by atoms with van der Waals surface area (Å²) < 4.78 is 0. The molecule has 1 nitrogen and oxygen atoms in total. The van der Waals surface area contributed by atoms with Crippen molar-refractivity contribution in [3.8, 4) is 5.75 Å².